The summed E-state index contributed by atoms with van der Waals surface area (Å²) in [6.45, 7) is 4.70. The zero-order chi connectivity index (χ0) is 14.3. The molecule has 3 N–H and O–H groups in total. The molecule has 0 bridgehead atoms. The summed E-state index contributed by atoms with van der Waals surface area (Å²) in [5.74, 6) is 0. The van der Waals surface area contributed by atoms with Crippen molar-refractivity contribution < 1.29 is 8.42 Å². The number of halogens is 1. The van der Waals surface area contributed by atoms with Crippen molar-refractivity contribution in [2.45, 2.75) is 38.1 Å². The Morgan fingerprint density at radius 1 is 1.42 bits per heavy atom. The van der Waals surface area contributed by atoms with E-state index < -0.39 is 10.0 Å². The molecule has 0 atom stereocenters. The van der Waals surface area contributed by atoms with Crippen LogP contribution < -0.4 is 10.5 Å². The van der Waals surface area contributed by atoms with Crippen molar-refractivity contribution >= 4 is 26.0 Å². The van der Waals surface area contributed by atoms with E-state index in [1.54, 1.807) is 13.0 Å². The van der Waals surface area contributed by atoms with E-state index in [2.05, 4.69) is 27.6 Å². The minimum absolute atomic E-state index is 0.143. The molecule has 0 amide bonds. The van der Waals surface area contributed by atoms with Gasteiger partial charge in [-0.15, -0.1) is 0 Å². The van der Waals surface area contributed by atoms with Crippen LogP contribution in [-0.2, 0) is 16.6 Å². The molecule has 1 aromatic carbocycles. The number of hydrogen-bond donors (Lipinski definition) is 2. The first kappa shape index (κ1) is 15.0. The van der Waals surface area contributed by atoms with E-state index in [0.717, 1.165) is 22.9 Å². The van der Waals surface area contributed by atoms with Gasteiger partial charge in [0.15, 0.2) is 0 Å². The summed E-state index contributed by atoms with van der Waals surface area (Å²) in [6, 6.07) is 3.51. The van der Waals surface area contributed by atoms with Crippen LogP contribution in [0.5, 0.6) is 0 Å². The number of nitrogens with one attached hydrogen (secondary N) is 1. The summed E-state index contributed by atoms with van der Waals surface area (Å²) in [6.07, 6.45) is 2.17. The fourth-order valence-corrected chi connectivity index (χ4v) is 3.99. The second-order valence-corrected chi connectivity index (χ2v) is 8.13. The molecular weight excluding hydrogens is 328 g/mol. The molecule has 0 aliphatic heterocycles. The SMILES string of the molecule is Cc1c(Br)cc(CN)cc1S(=O)(=O)NCC1(C)CC1. The molecule has 1 aromatic rings. The second kappa shape index (κ2) is 5.16. The summed E-state index contributed by atoms with van der Waals surface area (Å²) in [4.78, 5) is 0.312. The molecule has 4 nitrogen and oxygen atoms in total. The van der Waals surface area contributed by atoms with E-state index in [1.165, 1.54) is 0 Å². The van der Waals surface area contributed by atoms with Crippen LogP contribution in [0.25, 0.3) is 0 Å². The molecule has 0 saturated heterocycles. The molecule has 0 radical (unpaired) electrons. The fraction of sp³-hybridized carbons (Fsp3) is 0.538. The van der Waals surface area contributed by atoms with Gasteiger partial charge in [-0.05, 0) is 48.4 Å². The van der Waals surface area contributed by atoms with Crippen LogP contribution in [0.2, 0.25) is 0 Å². The highest BCUT2D eigenvalue weighted by atomic mass is 79.9. The second-order valence-electron chi connectivity index (χ2n) is 5.54. The van der Waals surface area contributed by atoms with Crippen molar-refractivity contribution in [1.82, 2.24) is 4.72 Å². The lowest BCUT2D eigenvalue weighted by Gasteiger charge is -2.14. The van der Waals surface area contributed by atoms with Crippen molar-refractivity contribution in [2.24, 2.45) is 11.1 Å². The lowest BCUT2D eigenvalue weighted by atomic mass is 10.1. The quantitative estimate of drug-likeness (QED) is 0.858. The predicted octanol–water partition coefficient (Wildman–Crippen LogP) is 2.29. The molecule has 19 heavy (non-hydrogen) atoms. The molecular formula is C13H19BrN2O2S. The average molecular weight is 347 g/mol. The van der Waals surface area contributed by atoms with Gasteiger partial charge < -0.3 is 5.73 Å². The third-order valence-electron chi connectivity index (χ3n) is 3.67. The Hall–Kier alpha value is -0.430. The minimum Gasteiger partial charge on any atom is -0.326 e. The summed E-state index contributed by atoms with van der Waals surface area (Å²) in [5.41, 5.74) is 7.26. The Kier molecular flexibility index (Phi) is 4.07. The highest BCUT2D eigenvalue weighted by molar-refractivity contribution is 9.10. The summed E-state index contributed by atoms with van der Waals surface area (Å²) in [7, 11) is -3.47. The molecule has 1 aliphatic rings. The van der Waals surface area contributed by atoms with Gasteiger partial charge >= 0.3 is 0 Å². The Bertz CT molecular complexity index is 595. The maximum atomic E-state index is 12.4. The summed E-state index contributed by atoms with van der Waals surface area (Å²) < 4.78 is 28.2. The molecule has 0 heterocycles. The topological polar surface area (TPSA) is 72.2 Å². The van der Waals surface area contributed by atoms with Crippen molar-refractivity contribution in [3.8, 4) is 0 Å². The van der Waals surface area contributed by atoms with Crippen molar-refractivity contribution in [3.05, 3.63) is 27.7 Å². The van der Waals surface area contributed by atoms with E-state index in [1.807, 2.05) is 6.07 Å². The highest BCUT2D eigenvalue weighted by Gasteiger charge is 2.38. The maximum Gasteiger partial charge on any atom is 0.240 e. The van der Waals surface area contributed by atoms with E-state index >= 15 is 0 Å². The van der Waals surface area contributed by atoms with Crippen molar-refractivity contribution in [1.29, 1.82) is 0 Å². The van der Waals surface area contributed by atoms with Crippen LogP contribution in [0.4, 0.5) is 0 Å². The largest absolute Gasteiger partial charge is 0.326 e. The third-order valence-corrected chi connectivity index (χ3v) is 6.03. The summed E-state index contributed by atoms with van der Waals surface area (Å²) in [5, 5.41) is 0. The molecule has 0 spiro atoms. The van der Waals surface area contributed by atoms with E-state index in [9.17, 15) is 8.42 Å². The first-order valence-corrected chi connectivity index (χ1v) is 8.54. The third kappa shape index (κ3) is 3.37. The van der Waals surface area contributed by atoms with Gasteiger partial charge in [0.05, 0.1) is 4.90 Å². The van der Waals surface area contributed by atoms with E-state index in [4.69, 9.17) is 5.73 Å². The first-order valence-electron chi connectivity index (χ1n) is 6.26. The minimum atomic E-state index is -3.47. The van der Waals surface area contributed by atoms with Gasteiger partial charge in [0.1, 0.15) is 0 Å². The zero-order valence-electron chi connectivity index (χ0n) is 11.2. The van der Waals surface area contributed by atoms with Gasteiger partial charge in [-0.25, -0.2) is 13.1 Å². The van der Waals surface area contributed by atoms with Crippen molar-refractivity contribution in [3.63, 3.8) is 0 Å². The molecule has 1 aliphatic carbocycles. The van der Waals surface area contributed by atoms with Crippen LogP contribution in [0.1, 0.15) is 30.9 Å². The average Bonchev–Trinajstić information content (AvgIpc) is 3.09. The van der Waals surface area contributed by atoms with Gasteiger partial charge in [0.25, 0.3) is 0 Å². The lowest BCUT2D eigenvalue weighted by Crippen LogP contribution is -2.29. The molecule has 1 fully saturated rings. The molecule has 0 unspecified atom stereocenters. The van der Waals surface area contributed by atoms with E-state index in [0.29, 0.717) is 23.5 Å². The van der Waals surface area contributed by atoms with Crippen LogP contribution in [-0.4, -0.2) is 15.0 Å². The van der Waals surface area contributed by atoms with Gasteiger partial charge in [0.2, 0.25) is 10.0 Å². The van der Waals surface area contributed by atoms with Gasteiger partial charge in [0, 0.05) is 17.6 Å². The van der Waals surface area contributed by atoms with Crippen LogP contribution in [0.15, 0.2) is 21.5 Å². The number of benzene rings is 1. The Morgan fingerprint density at radius 3 is 2.58 bits per heavy atom. The molecule has 6 heteroatoms. The zero-order valence-corrected chi connectivity index (χ0v) is 13.6. The Morgan fingerprint density at radius 2 is 2.05 bits per heavy atom. The number of nitrogens with two attached hydrogens (primary N) is 1. The van der Waals surface area contributed by atoms with Crippen molar-refractivity contribution in [2.75, 3.05) is 6.54 Å². The molecule has 2 rings (SSSR count). The normalized spacial score (nSPS) is 17.5. The van der Waals surface area contributed by atoms with E-state index in [-0.39, 0.29) is 5.41 Å². The smallest absolute Gasteiger partial charge is 0.240 e. The molecule has 0 aromatic heterocycles. The van der Waals surface area contributed by atoms with Gasteiger partial charge in [-0.3, -0.25) is 0 Å². The number of hydrogen-bond acceptors (Lipinski definition) is 3. The van der Waals surface area contributed by atoms with Crippen LogP contribution >= 0.6 is 15.9 Å². The maximum absolute atomic E-state index is 12.4. The van der Waals surface area contributed by atoms with Gasteiger partial charge in [-0.2, -0.15) is 0 Å². The highest BCUT2D eigenvalue weighted by Crippen LogP contribution is 2.44. The molecule has 106 valence electrons. The standard InChI is InChI=1S/C13H19BrN2O2S/c1-9-11(14)5-10(7-15)6-12(9)19(17,18)16-8-13(2)3-4-13/h5-6,16H,3-4,7-8,15H2,1-2H3. The van der Waals surface area contributed by atoms with Gasteiger partial charge in [-0.1, -0.05) is 22.9 Å². The monoisotopic (exact) mass is 346 g/mol. The molecule has 1 saturated carbocycles. The Balaban J connectivity index is 2.30. The summed E-state index contributed by atoms with van der Waals surface area (Å²) >= 11 is 3.39. The Labute approximate surface area is 122 Å². The number of sulfonamides is 1. The predicted molar refractivity (Wildman–Crippen MR) is 79.3 cm³/mol. The fourth-order valence-electron chi connectivity index (χ4n) is 1.84. The number of rotatable bonds is 5. The van der Waals surface area contributed by atoms with Crippen LogP contribution in [0.3, 0.4) is 0 Å². The lowest BCUT2D eigenvalue weighted by molar-refractivity contribution is 0.530. The first-order chi connectivity index (χ1) is 8.77. The van der Waals surface area contributed by atoms with Crippen LogP contribution in [0, 0.1) is 12.3 Å².